The van der Waals surface area contributed by atoms with Crippen LogP contribution in [0.2, 0.25) is 0 Å². The first-order valence-corrected chi connectivity index (χ1v) is 8.58. The number of thioether (sulfide) groups is 1. The van der Waals surface area contributed by atoms with Crippen molar-refractivity contribution in [3.8, 4) is 0 Å². The lowest BCUT2D eigenvalue weighted by Gasteiger charge is -2.40. The third-order valence-electron chi connectivity index (χ3n) is 3.52. The monoisotopic (exact) mass is 300 g/mol. The molecule has 106 valence electrons. The van der Waals surface area contributed by atoms with Crippen LogP contribution in [-0.2, 0) is 4.74 Å². The van der Waals surface area contributed by atoms with Crippen LogP contribution in [0.5, 0.6) is 0 Å². The molecule has 0 saturated heterocycles. The summed E-state index contributed by atoms with van der Waals surface area (Å²) in [7, 11) is 0. The van der Waals surface area contributed by atoms with Crippen molar-refractivity contribution in [1.29, 1.82) is 0 Å². The number of hydrogen-bond donors (Lipinski definition) is 1. The normalized spacial score (nSPS) is 16.8. The Morgan fingerprint density at radius 1 is 1.58 bits per heavy atom. The average molecular weight is 300 g/mol. The topological polar surface area (TPSA) is 51.2 Å². The van der Waals surface area contributed by atoms with Crippen LogP contribution in [0.1, 0.15) is 41.6 Å². The predicted molar refractivity (Wildman–Crippen MR) is 81.4 cm³/mol. The van der Waals surface area contributed by atoms with Crippen molar-refractivity contribution in [2.24, 2.45) is 0 Å². The lowest BCUT2D eigenvalue weighted by atomic mass is 9.84. The molecule has 1 fully saturated rings. The Morgan fingerprint density at radius 2 is 2.32 bits per heavy atom. The molecule has 1 aromatic rings. The zero-order chi connectivity index (χ0) is 13.9. The van der Waals surface area contributed by atoms with Gasteiger partial charge < -0.3 is 10.1 Å². The molecule has 0 unspecified atom stereocenters. The molecule has 19 heavy (non-hydrogen) atoms. The van der Waals surface area contributed by atoms with Gasteiger partial charge in [-0.15, -0.1) is 11.3 Å². The van der Waals surface area contributed by atoms with E-state index in [0.717, 1.165) is 16.6 Å². The summed E-state index contributed by atoms with van der Waals surface area (Å²) in [5, 5.41) is 4.20. The smallest absolute Gasteiger partial charge is 0.358 e. The third-order valence-corrected chi connectivity index (χ3v) is 5.87. The number of aryl methyl sites for hydroxylation is 1. The first kappa shape index (κ1) is 14.7. The SMILES string of the molecule is CCOC(=O)c1nc(NCC2(SC)CCC2)sc1C. The lowest BCUT2D eigenvalue weighted by Crippen LogP contribution is -2.40. The molecule has 6 heteroatoms. The number of rotatable bonds is 6. The summed E-state index contributed by atoms with van der Waals surface area (Å²) in [5.74, 6) is -0.326. The van der Waals surface area contributed by atoms with E-state index in [4.69, 9.17) is 4.74 Å². The number of hydrogen-bond acceptors (Lipinski definition) is 6. The van der Waals surface area contributed by atoms with Gasteiger partial charge in [0, 0.05) is 16.2 Å². The highest BCUT2D eigenvalue weighted by atomic mass is 32.2. The van der Waals surface area contributed by atoms with Gasteiger partial charge in [-0.05, 0) is 32.9 Å². The predicted octanol–water partition coefficient (Wildman–Crippen LogP) is 3.33. The largest absolute Gasteiger partial charge is 0.461 e. The van der Waals surface area contributed by atoms with Crippen molar-refractivity contribution in [3.05, 3.63) is 10.6 Å². The molecule has 0 aliphatic heterocycles. The number of carbonyl (C=O) groups is 1. The van der Waals surface area contributed by atoms with E-state index in [1.807, 2.05) is 18.7 Å². The van der Waals surface area contributed by atoms with E-state index < -0.39 is 0 Å². The number of anilines is 1. The highest BCUT2D eigenvalue weighted by Crippen LogP contribution is 2.42. The van der Waals surface area contributed by atoms with Gasteiger partial charge in [0.2, 0.25) is 0 Å². The molecule has 2 rings (SSSR count). The van der Waals surface area contributed by atoms with Gasteiger partial charge in [-0.3, -0.25) is 0 Å². The van der Waals surface area contributed by atoms with Gasteiger partial charge in [0.1, 0.15) is 0 Å². The minimum atomic E-state index is -0.326. The summed E-state index contributed by atoms with van der Waals surface area (Å²) >= 11 is 3.45. The summed E-state index contributed by atoms with van der Waals surface area (Å²) in [6.07, 6.45) is 6.00. The van der Waals surface area contributed by atoms with E-state index >= 15 is 0 Å². The fourth-order valence-electron chi connectivity index (χ4n) is 2.12. The van der Waals surface area contributed by atoms with Gasteiger partial charge in [0.05, 0.1) is 6.61 Å². The number of esters is 1. The van der Waals surface area contributed by atoms with Gasteiger partial charge in [-0.1, -0.05) is 6.42 Å². The molecule has 4 nitrogen and oxygen atoms in total. The Morgan fingerprint density at radius 3 is 2.84 bits per heavy atom. The van der Waals surface area contributed by atoms with E-state index in [-0.39, 0.29) is 5.97 Å². The molecule has 0 radical (unpaired) electrons. The standard InChI is InChI=1S/C13H20N2O2S2/c1-4-17-11(16)10-9(2)19-12(15-10)14-8-13(18-3)6-5-7-13/h4-8H2,1-3H3,(H,14,15). The fraction of sp³-hybridized carbons (Fsp3) is 0.692. The van der Waals surface area contributed by atoms with Crippen molar-refractivity contribution in [2.75, 3.05) is 24.7 Å². The summed E-state index contributed by atoms with van der Waals surface area (Å²) < 4.78 is 5.36. The van der Waals surface area contributed by atoms with Crippen LogP contribution in [0.3, 0.4) is 0 Å². The zero-order valence-corrected chi connectivity index (χ0v) is 13.2. The van der Waals surface area contributed by atoms with E-state index in [9.17, 15) is 4.79 Å². The molecule has 0 atom stereocenters. The van der Waals surface area contributed by atoms with Crippen LogP contribution in [0.25, 0.3) is 0 Å². The molecule has 1 saturated carbocycles. The molecular formula is C13H20N2O2S2. The Bertz CT molecular complexity index is 450. The maximum Gasteiger partial charge on any atom is 0.358 e. The van der Waals surface area contributed by atoms with E-state index in [2.05, 4.69) is 16.6 Å². The highest BCUT2D eigenvalue weighted by Gasteiger charge is 2.36. The highest BCUT2D eigenvalue weighted by molar-refractivity contribution is 8.00. The van der Waals surface area contributed by atoms with E-state index in [1.54, 1.807) is 6.92 Å². The fourth-order valence-corrected chi connectivity index (χ4v) is 3.83. The van der Waals surface area contributed by atoms with Crippen LogP contribution in [-0.4, -0.2) is 35.1 Å². The van der Waals surface area contributed by atoms with Crippen molar-refractivity contribution >= 4 is 34.2 Å². The number of nitrogens with one attached hydrogen (secondary N) is 1. The van der Waals surface area contributed by atoms with Gasteiger partial charge in [-0.25, -0.2) is 9.78 Å². The second-order valence-corrected chi connectivity index (χ2v) is 7.22. The molecule has 0 bridgehead atoms. The average Bonchev–Trinajstić information content (AvgIpc) is 2.70. The van der Waals surface area contributed by atoms with Crippen LogP contribution < -0.4 is 5.32 Å². The van der Waals surface area contributed by atoms with Gasteiger partial charge >= 0.3 is 5.97 Å². The van der Waals surface area contributed by atoms with Crippen LogP contribution in [0, 0.1) is 6.92 Å². The van der Waals surface area contributed by atoms with Crippen molar-refractivity contribution in [1.82, 2.24) is 4.98 Å². The molecule has 0 amide bonds. The Hall–Kier alpha value is -0.750. The van der Waals surface area contributed by atoms with Crippen molar-refractivity contribution < 1.29 is 9.53 Å². The lowest BCUT2D eigenvalue weighted by molar-refractivity contribution is 0.0519. The maximum atomic E-state index is 11.7. The van der Waals surface area contributed by atoms with Crippen LogP contribution >= 0.6 is 23.1 Å². The quantitative estimate of drug-likeness (QED) is 0.817. The number of ether oxygens (including phenoxy) is 1. The van der Waals surface area contributed by atoms with Crippen molar-refractivity contribution in [3.63, 3.8) is 0 Å². The van der Waals surface area contributed by atoms with Crippen LogP contribution in [0.4, 0.5) is 5.13 Å². The molecule has 1 N–H and O–H groups in total. The van der Waals surface area contributed by atoms with Gasteiger partial charge in [0.25, 0.3) is 0 Å². The number of thiazole rings is 1. The summed E-state index contributed by atoms with van der Waals surface area (Å²) in [6.45, 7) is 5.01. The minimum Gasteiger partial charge on any atom is -0.461 e. The Labute approximate surface area is 122 Å². The van der Waals surface area contributed by atoms with Gasteiger partial charge in [-0.2, -0.15) is 11.8 Å². The number of aromatic nitrogens is 1. The maximum absolute atomic E-state index is 11.7. The second-order valence-electron chi connectivity index (χ2n) is 4.74. The summed E-state index contributed by atoms with van der Waals surface area (Å²) in [5.41, 5.74) is 0.446. The summed E-state index contributed by atoms with van der Waals surface area (Å²) in [6, 6.07) is 0. The van der Waals surface area contributed by atoms with Crippen molar-refractivity contribution in [2.45, 2.75) is 37.9 Å². The molecule has 0 spiro atoms. The van der Waals surface area contributed by atoms with E-state index in [0.29, 0.717) is 17.0 Å². The van der Waals surface area contributed by atoms with Gasteiger partial charge in [0.15, 0.2) is 10.8 Å². The second kappa shape index (κ2) is 6.13. The van der Waals surface area contributed by atoms with Crippen LogP contribution in [0.15, 0.2) is 0 Å². The zero-order valence-electron chi connectivity index (χ0n) is 11.6. The molecule has 1 aromatic heterocycles. The number of nitrogens with zero attached hydrogens (tertiary/aromatic N) is 1. The molecule has 1 aliphatic rings. The number of carbonyl (C=O) groups excluding carboxylic acids is 1. The molecule has 1 aliphatic carbocycles. The summed E-state index contributed by atoms with van der Waals surface area (Å²) in [4.78, 5) is 17.0. The first-order chi connectivity index (χ1) is 9.10. The third kappa shape index (κ3) is 3.23. The minimum absolute atomic E-state index is 0.326. The molecule has 1 heterocycles. The molecule has 0 aromatic carbocycles. The Kier molecular flexibility index (Phi) is 4.73. The molecular weight excluding hydrogens is 280 g/mol. The Balaban J connectivity index is 1.98. The van der Waals surface area contributed by atoms with E-state index in [1.165, 1.54) is 30.6 Å². The first-order valence-electron chi connectivity index (χ1n) is 6.54.